The van der Waals surface area contributed by atoms with Crippen LogP contribution in [0.5, 0.6) is 0 Å². The summed E-state index contributed by atoms with van der Waals surface area (Å²) in [6, 6.07) is 8.18. The molecule has 1 unspecified atom stereocenters. The van der Waals surface area contributed by atoms with Crippen LogP contribution in [-0.4, -0.2) is 48.6 Å². The van der Waals surface area contributed by atoms with Crippen molar-refractivity contribution < 1.29 is 9.84 Å². The molecule has 1 atom stereocenters. The summed E-state index contributed by atoms with van der Waals surface area (Å²) in [5.74, 6) is 1.11. The Morgan fingerprint density at radius 3 is 2.56 bits per heavy atom. The molecule has 1 aliphatic rings. The zero-order valence-corrected chi connectivity index (χ0v) is 11.7. The summed E-state index contributed by atoms with van der Waals surface area (Å²) in [5.41, 5.74) is 0.979. The number of aliphatic hydroxyl groups excluding tert-OH is 1. The molecule has 0 amide bonds. The summed E-state index contributed by atoms with van der Waals surface area (Å²) in [4.78, 5) is 3.72. The van der Waals surface area contributed by atoms with E-state index in [2.05, 4.69) is 17.0 Å². The third-order valence-corrected chi connectivity index (χ3v) is 4.13. The van der Waals surface area contributed by atoms with Gasteiger partial charge in [-0.3, -0.25) is 4.90 Å². The van der Waals surface area contributed by atoms with Gasteiger partial charge in [0.2, 0.25) is 0 Å². The van der Waals surface area contributed by atoms with Gasteiger partial charge in [-0.2, -0.15) is 0 Å². The fourth-order valence-corrected chi connectivity index (χ4v) is 2.87. The normalized spacial score (nSPS) is 18.8. The molecule has 3 nitrogen and oxygen atoms in total. The monoisotopic (exact) mass is 267 g/mol. The second-order valence-electron chi connectivity index (χ2n) is 4.55. The number of rotatable bonds is 5. The van der Waals surface area contributed by atoms with Gasteiger partial charge < -0.3 is 9.84 Å². The summed E-state index contributed by atoms with van der Waals surface area (Å²) in [5, 5.41) is 9.44. The van der Waals surface area contributed by atoms with E-state index in [4.69, 9.17) is 4.74 Å². The Morgan fingerprint density at radius 1 is 1.28 bits per heavy atom. The van der Waals surface area contributed by atoms with Gasteiger partial charge in [-0.1, -0.05) is 12.1 Å². The van der Waals surface area contributed by atoms with E-state index < -0.39 is 0 Å². The van der Waals surface area contributed by atoms with Gasteiger partial charge in [0.15, 0.2) is 0 Å². The van der Waals surface area contributed by atoms with Crippen LogP contribution in [-0.2, 0) is 4.74 Å². The lowest BCUT2D eigenvalue weighted by Crippen LogP contribution is -2.37. The molecule has 1 heterocycles. The van der Waals surface area contributed by atoms with Crippen molar-refractivity contribution in [1.82, 2.24) is 4.90 Å². The van der Waals surface area contributed by atoms with Crippen molar-refractivity contribution in [3.8, 4) is 0 Å². The smallest absolute Gasteiger partial charge is 0.0761 e. The third-order valence-electron chi connectivity index (χ3n) is 3.14. The van der Waals surface area contributed by atoms with E-state index in [0.717, 1.165) is 44.2 Å². The summed E-state index contributed by atoms with van der Waals surface area (Å²) in [7, 11) is 0. The molecule has 1 aromatic rings. The van der Waals surface area contributed by atoms with E-state index in [-0.39, 0.29) is 6.10 Å². The quantitative estimate of drug-likeness (QED) is 0.829. The van der Waals surface area contributed by atoms with E-state index in [1.54, 1.807) is 6.92 Å². The standard InChI is InChI=1S/C14H21NO2S/c1-12(16)13-2-4-14(5-3-13)18-11-8-15-6-9-17-10-7-15/h2-5,12,16H,6-11H2,1H3. The minimum atomic E-state index is -0.377. The van der Waals surface area contributed by atoms with Crippen LogP contribution in [0.15, 0.2) is 29.2 Å². The van der Waals surface area contributed by atoms with E-state index in [9.17, 15) is 5.11 Å². The lowest BCUT2D eigenvalue weighted by molar-refractivity contribution is 0.0410. The number of hydrogen-bond donors (Lipinski definition) is 1. The van der Waals surface area contributed by atoms with Crippen LogP contribution in [0.3, 0.4) is 0 Å². The fraction of sp³-hybridized carbons (Fsp3) is 0.571. The highest BCUT2D eigenvalue weighted by Gasteiger charge is 2.09. The summed E-state index contributed by atoms with van der Waals surface area (Å²) < 4.78 is 5.33. The Kier molecular flexibility index (Phi) is 5.50. The SMILES string of the molecule is CC(O)c1ccc(SCCN2CCOCC2)cc1. The van der Waals surface area contributed by atoms with Gasteiger partial charge in [-0.05, 0) is 24.6 Å². The Balaban J connectivity index is 1.72. The number of thioether (sulfide) groups is 1. The van der Waals surface area contributed by atoms with Gasteiger partial charge in [0.05, 0.1) is 19.3 Å². The lowest BCUT2D eigenvalue weighted by Gasteiger charge is -2.26. The molecule has 2 rings (SSSR count). The van der Waals surface area contributed by atoms with Gasteiger partial charge >= 0.3 is 0 Å². The van der Waals surface area contributed by atoms with Crippen molar-refractivity contribution in [3.63, 3.8) is 0 Å². The van der Waals surface area contributed by atoms with Crippen molar-refractivity contribution in [1.29, 1.82) is 0 Å². The fourth-order valence-electron chi connectivity index (χ4n) is 1.96. The van der Waals surface area contributed by atoms with Crippen molar-refractivity contribution >= 4 is 11.8 Å². The number of hydrogen-bond acceptors (Lipinski definition) is 4. The molecule has 0 bridgehead atoms. The number of nitrogens with zero attached hydrogens (tertiary/aromatic N) is 1. The molecule has 0 aromatic heterocycles. The highest BCUT2D eigenvalue weighted by atomic mass is 32.2. The van der Waals surface area contributed by atoms with Crippen molar-refractivity contribution in [2.24, 2.45) is 0 Å². The van der Waals surface area contributed by atoms with Gasteiger partial charge in [-0.15, -0.1) is 11.8 Å². The lowest BCUT2D eigenvalue weighted by atomic mass is 10.1. The van der Waals surface area contributed by atoms with Crippen LogP contribution >= 0.6 is 11.8 Å². The molecule has 100 valence electrons. The molecule has 0 spiro atoms. The molecule has 0 aliphatic carbocycles. The maximum absolute atomic E-state index is 9.44. The molecular weight excluding hydrogens is 246 g/mol. The van der Waals surface area contributed by atoms with Crippen LogP contribution in [0.1, 0.15) is 18.6 Å². The molecule has 1 fully saturated rings. The first-order valence-corrected chi connectivity index (χ1v) is 7.45. The van der Waals surface area contributed by atoms with E-state index in [0.29, 0.717) is 0 Å². The molecule has 1 aromatic carbocycles. The number of benzene rings is 1. The average Bonchev–Trinajstić information content (AvgIpc) is 2.40. The number of morpholine rings is 1. The maximum atomic E-state index is 9.44. The van der Waals surface area contributed by atoms with Gasteiger partial charge in [-0.25, -0.2) is 0 Å². The zero-order chi connectivity index (χ0) is 12.8. The first-order valence-electron chi connectivity index (χ1n) is 6.46. The van der Waals surface area contributed by atoms with Crippen molar-refractivity contribution in [2.75, 3.05) is 38.6 Å². The first kappa shape index (κ1) is 13.9. The van der Waals surface area contributed by atoms with E-state index in [1.165, 1.54) is 4.90 Å². The van der Waals surface area contributed by atoms with E-state index in [1.807, 2.05) is 23.9 Å². The van der Waals surface area contributed by atoms with Gasteiger partial charge in [0.25, 0.3) is 0 Å². The van der Waals surface area contributed by atoms with Crippen molar-refractivity contribution in [3.05, 3.63) is 29.8 Å². The maximum Gasteiger partial charge on any atom is 0.0761 e. The zero-order valence-electron chi connectivity index (χ0n) is 10.8. The van der Waals surface area contributed by atoms with Crippen molar-refractivity contribution in [2.45, 2.75) is 17.9 Å². The van der Waals surface area contributed by atoms with Crippen LogP contribution in [0.2, 0.25) is 0 Å². The summed E-state index contributed by atoms with van der Waals surface area (Å²) in [6.45, 7) is 6.76. The molecular formula is C14H21NO2S. The van der Waals surface area contributed by atoms with Gasteiger partial charge in [0.1, 0.15) is 0 Å². The molecule has 0 radical (unpaired) electrons. The van der Waals surface area contributed by atoms with Crippen LogP contribution in [0.25, 0.3) is 0 Å². The molecule has 1 N–H and O–H groups in total. The molecule has 18 heavy (non-hydrogen) atoms. The first-order chi connectivity index (χ1) is 8.75. The Morgan fingerprint density at radius 2 is 1.94 bits per heavy atom. The largest absolute Gasteiger partial charge is 0.389 e. The highest BCUT2D eigenvalue weighted by Crippen LogP contribution is 2.21. The van der Waals surface area contributed by atoms with E-state index >= 15 is 0 Å². The summed E-state index contributed by atoms with van der Waals surface area (Å²) >= 11 is 1.87. The van der Waals surface area contributed by atoms with Crippen LogP contribution in [0.4, 0.5) is 0 Å². The average molecular weight is 267 g/mol. The summed E-state index contributed by atoms with van der Waals surface area (Å²) in [6.07, 6.45) is -0.377. The number of aliphatic hydroxyl groups is 1. The second-order valence-corrected chi connectivity index (χ2v) is 5.72. The Hall–Kier alpha value is -0.550. The highest BCUT2D eigenvalue weighted by molar-refractivity contribution is 7.99. The molecule has 4 heteroatoms. The Bertz CT molecular complexity index is 347. The minimum absolute atomic E-state index is 0.377. The van der Waals surface area contributed by atoms with Gasteiger partial charge in [0, 0.05) is 30.3 Å². The topological polar surface area (TPSA) is 32.7 Å². The molecule has 0 saturated carbocycles. The Labute approximate surface area is 113 Å². The third kappa shape index (κ3) is 4.28. The molecule has 1 saturated heterocycles. The van der Waals surface area contributed by atoms with Crippen LogP contribution < -0.4 is 0 Å². The minimum Gasteiger partial charge on any atom is -0.389 e. The predicted molar refractivity (Wildman–Crippen MR) is 75.1 cm³/mol. The molecule has 1 aliphatic heterocycles. The van der Waals surface area contributed by atoms with Crippen LogP contribution in [0, 0.1) is 0 Å². The number of ether oxygens (including phenoxy) is 1. The second kappa shape index (κ2) is 7.14. The predicted octanol–water partition coefficient (Wildman–Crippen LogP) is 2.16.